The number of aryl methyl sites for hydroxylation is 1. The van der Waals surface area contributed by atoms with Crippen LogP contribution in [0.2, 0.25) is 0 Å². The highest BCUT2D eigenvalue weighted by Gasteiger charge is 2.25. The molecule has 7 heteroatoms. The molecule has 118 valence electrons. The van der Waals surface area contributed by atoms with Crippen molar-refractivity contribution < 1.29 is 14.1 Å². The molecule has 7 nitrogen and oxygen atoms in total. The number of hydrogen-bond acceptors (Lipinski definition) is 5. The standard InChI is InChI=1S/C16H16N4O3/c1-19-16(22-2)12-4-3-10(7-13(12)18-19)15(21)20-6-5-14-11(9-20)8-17-23-14/h3-4,7-8H,5-6,9H2,1-2H3. The summed E-state index contributed by atoms with van der Waals surface area (Å²) in [6.07, 6.45) is 2.38. The third kappa shape index (κ3) is 2.16. The quantitative estimate of drug-likeness (QED) is 0.721. The molecule has 4 rings (SSSR count). The molecule has 1 amide bonds. The van der Waals surface area contributed by atoms with Crippen molar-refractivity contribution in [2.24, 2.45) is 7.05 Å². The molecule has 0 saturated carbocycles. The molecule has 3 aromatic rings. The molecule has 3 heterocycles. The van der Waals surface area contributed by atoms with Gasteiger partial charge in [0.15, 0.2) is 0 Å². The molecule has 0 saturated heterocycles. The van der Waals surface area contributed by atoms with Crippen LogP contribution in [0, 0.1) is 0 Å². The first-order chi connectivity index (χ1) is 11.2. The van der Waals surface area contributed by atoms with E-state index in [1.807, 2.05) is 25.2 Å². The highest BCUT2D eigenvalue weighted by molar-refractivity contribution is 5.98. The summed E-state index contributed by atoms with van der Waals surface area (Å²) < 4.78 is 12.2. The van der Waals surface area contributed by atoms with E-state index in [0.29, 0.717) is 31.0 Å². The van der Waals surface area contributed by atoms with Gasteiger partial charge in [-0.1, -0.05) is 5.16 Å². The molecular formula is C16H16N4O3. The Morgan fingerprint density at radius 2 is 2.26 bits per heavy atom. The molecule has 0 spiro atoms. The molecule has 0 unspecified atom stereocenters. The lowest BCUT2D eigenvalue weighted by Gasteiger charge is -2.25. The predicted octanol–water partition coefficient (Wildman–Crippen LogP) is 1.77. The van der Waals surface area contributed by atoms with Crippen molar-refractivity contribution >= 4 is 16.8 Å². The third-order valence-corrected chi connectivity index (χ3v) is 4.21. The van der Waals surface area contributed by atoms with E-state index in [2.05, 4.69) is 10.3 Å². The molecule has 0 bridgehead atoms. The minimum atomic E-state index is -0.0108. The Morgan fingerprint density at radius 3 is 3.09 bits per heavy atom. The van der Waals surface area contributed by atoms with E-state index >= 15 is 0 Å². The molecule has 0 fully saturated rings. The highest BCUT2D eigenvalue weighted by atomic mass is 16.5. The number of methoxy groups -OCH3 is 1. The van der Waals surface area contributed by atoms with Gasteiger partial charge in [-0.05, 0) is 18.2 Å². The van der Waals surface area contributed by atoms with Crippen molar-refractivity contribution in [1.82, 2.24) is 19.8 Å². The largest absolute Gasteiger partial charge is 0.481 e. The Kier molecular flexibility index (Phi) is 3.07. The van der Waals surface area contributed by atoms with Gasteiger partial charge in [-0.3, -0.25) is 4.79 Å². The van der Waals surface area contributed by atoms with E-state index in [1.165, 1.54) is 0 Å². The molecule has 23 heavy (non-hydrogen) atoms. The summed E-state index contributed by atoms with van der Waals surface area (Å²) in [6, 6.07) is 5.50. The van der Waals surface area contributed by atoms with Crippen molar-refractivity contribution in [2.75, 3.05) is 13.7 Å². The number of aromatic nitrogens is 3. The van der Waals surface area contributed by atoms with Crippen LogP contribution < -0.4 is 4.74 Å². The highest BCUT2D eigenvalue weighted by Crippen LogP contribution is 2.26. The van der Waals surface area contributed by atoms with E-state index in [1.54, 1.807) is 22.9 Å². The maximum atomic E-state index is 12.7. The molecule has 2 aromatic heterocycles. The molecule has 1 aliphatic heterocycles. The molecule has 1 aromatic carbocycles. The Hall–Kier alpha value is -2.83. The SMILES string of the molecule is COc1c2ccc(C(=O)N3CCc4oncc4C3)cc2nn1C. The Balaban J connectivity index is 1.65. The maximum Gasteiger partial charge on any atom is 0.254 e. The van der Waals surface area contributed by atoms with Gasteiger partial charge in [0, 0.05) is 31.1 Å². The molecular weight excluding hydrogens is 296 g/mol. The Morgan fingerprint density at radius 1 is 1.39 bits per heavy atom. The summed E-state index contributed by atoms with van der Waals surface area (Å²) in [6.45, 7) is 1.16. The number of benzene rings is 1. The second kappa shape index (κ2) is 5.12. The summed E-state index contributed by atoms with van der Waals surface area (Å²) in [7, 11) is 3.43. The summed E-state index contributed by atoms with van der Waals surface area (Å²) in [5.74, 6) is 1.55. The van der Waals surface area contributed by atoms with Crippen molar-refractivity contribution in [3.05, 3.63) is 41.3 Å². The van der Waals surface area contributed by atoms with Crippen LogP contribution in [0.3, 0.4) is 0 Å². The lowest BCUT2D eigenvalue weighted by Crippen LogP contribution is -2.35. The summed E-state index contributed by atoms with van der Waals surface area (Å²) in [4.78, 5) is 14.6. The lowest BCUT2D eigenvalue weighted by molar-refractivity contribution is 0.0729. The van der Waals surface area contributed by atoms with Gasteiger partial charge in [0.1, 0.15) is 5.76 Å². The van der Waals surface area contributed by atoms with Crippen LogP contribution in [0.25, 0.3) is 10.9 Å². The number of fused-ring (bicyclic) bond motifs is 2. The van der Waals surface area contributed by atoms with Gasteiger partial charge >= 0.3 is 0 Å². The first-order valence-corrected chi connectivity index (χ1v) is 7.40. The van der Waals surface area contributed by atoms with Crippen LogP contribution in [-0.2, 0) is 20.0 Å². The van der Waals surface area contributed by atoms with Crippen molar-refractivity contribution in [3.8, 4) is 5.88 Å². The van der Waals surface area contributed by atoms with Crippen LogP contribution in [-0.4, -0.2) is 39.4 Å². The third-order valence-electron chi connectivity index (χ3n) is 4.21. The van der Waals surface area contributed by atoms with Crippen molar-refractivity contribution in [1.29, 1.82) is 0 Å². The number of rotatable bonds is 2. The van der Waals surface area contributed by atoms with Gasteiger partial charge in [0.25, 0.3) is 5.91 Å². The normalized spacial score (nSPS) is 14.1. The van der Waals surface area contributed by atoms with Crippen molar-refractivity contribution in [2.45, 2.75) is 13.0 Å². The average Bonchev–Trinajstić information content (AvgIpc) is 3.15. The molecule has 0 atom stereocenters. The van der Waals surface area contributed by atoms with E-state index < -0.39 is 0 Å². The predicted molar refractivity (Wildman–Crippen MR) is 82.2 cm³/mol. The van der Waals surface area contributed by atoms with Crippen LogP contribution in [0.4, 0.5) is 0 Å². The minimum absolute atomic E-state index is 0.0108. The van der Waals surface area contributed by atoms with Crippen LogP contribution in [0.15, 0.2) is 28.9 Å². The maximum absolute atomic E-state index is 12.7. The molecule has 0 aliphatic carbocycles. The molecule has 0 radical (unpaired) electrons. The molecule has 1 aliphatic rings. The number of nitrogens with zero attached hydrogens (tertiary/aromatic N) is 4. The summed E-state index contributed by atoms with van der Waals surface area (Å²) in [5, 5.41) is 9.08. The smallest absolute Gasteiger partial charge is 0.254 e. The van der Waals surface area contributed by atoms with Gasteiger partial charge < -0.3 is 14.2 Å². The van der Waals surface area contributed by atoms with E-state index in [9.17, 15) is 4.79 Å². The second-order valence-corrected chi connectivity index (χ2v) is 5.62. The van der Waals surface area contributed by atoms with Crippen LogP contribution >= 0.6 is 0 Å². The fourth-order valence-corrected chi connectivity index (χ4v) is 3.05. The van der Waals surface area contributed by atoms with E-state index in [0.717, 1.165) is 22.2 Å². The van der Waals surface area contributed by atoms with Gasteiger partial charge in [-0.2, -0.15) is 5.10 Å². The fraction of sp³-hybridized carbons (Fsp3) is 0.312. The van der Waals surface area contributed by atoms with Crippen molar-refractivity contribution in [3.63, 3.8) is 0 Å². The van der Waals surface area contributed by atoms with E-state index in [4.69, 9.17) is 9.26 Å². The summed E-state index contributed by atoms with van der Waals surface area (Å²) in [5.41, 5.74) is 2.35. The van der Waals surface area contributed by atoms with Crippen LogP contribution in [0.5, 0.6) is 5.88 Å². The number of ether oxygens (including phenoxy) is 1. The first kappa shape index (κ1) is 13.8. The zero-order valence-electron chi connectivity index (χ0n) is 12.9. The second-order valence-electron chi connectivity index (χ2n) is 5.62. The number of carbonyl (C=O) groups is 1. The fourth-order valence-electron chi connectivity index (χ4n) is 3.05. The Bertz CT molecular complexity index is 896. The monoisotopic (exact) mass is 312 g/mol. The lowest BCUT2D eigenvalue weighted by atomic mass is 10.1. The van der Waals surface area contributed by atoms with Crippen LogP contribution in [0.1, 0.15) is 21.7 Å². The zero-order valence-corrected chi connectivity index (χ0v) is 12.9. The minimum Gasteiger partial charge on any atom is -0.481 e. The zero-order chi connectivity index (χ0) is 16.0. The number of hydrogen-bond donors (Lipinski definition) is 0. The first-order valence-electron chi connectivity index (χ1n) is 7.40. The topological polar surface area (TPSA) is 73.4 Å². The van der Waals surface area contributed by atoms with Gasteiger partial charge in [0.05, 0.1) is 30.8 Å². The van der Waals surface area contributed by atoms with Gasteiger partial charge in [0.2, 0.25) is 5.88 Å². The number of carbonyl (C=O) groups excluding carboxylic acids is 1. The average molecular weight is 312 g/mol. The number of amides is 1. The van der Waals surface area contributed by atoms with Gasteiger partial charge in [-0.25, -0.2) is 4.68 Å². The Labute approximate surface area is 132 Å². The summed E-state index contributed by atoms with van der Waals surface area (Å²) >= 11 is 0. The van der Waals surface area contributed by atoms with E-state index in [-0.39, 0.29) is 5.91 Å². The van der Waals surface area contributed by atoms with Gasteiger partial charge in [-0.15, -0.1) is 0 Å². The molecule has 0 N–H and O–H groups in total.